The van der Waals surface area contributed by atoms with E-state index in [4.69, 9.17) is 0 Å². The average Bonchev–Trinajstić information content (AvgIpc) is 3.08. The smallest absolute Gasteiger partial charge is 0.0387 e. The summed E-state index contributed by atoms with van der Waals surface area (Å²) in [6.07, 6.45) is 2.49. The molecule has 4 aromatic carbocycles. The molecular formula is C35H37N. The molecule has 0 unspecified atom stereocenters. The van der Waals surface area contributed by atoms with Gasteiger partial charge in [-0.2, -0.15) is 0 Å². The van der Waals surface area contributed by atoms with Crippen LogP contribution in [-0.2, 0) is 16.2 Å². The number of hydrogen-bond acceptors (Lipinski definition) is 1. The van der Waals surface area contributed by atoms with E-state index in [9.17, 15) is 0 Å². The molecule has 0 saturated carbocycles. The lowest BCUT2D eigenvalue weighted by Crippen LogP contribution is -2.34. The van der Waals surface area contributed by atoms with Crippen LogP contribution < -0.4 is 5.32 Å². The molecule has 6 rings (SSSR count). The van der Waals surface area contributed by atoms with Crippen molar-refractivity contribution in [2.45, 2.75) is 70.6 Å². The third kappa shape index (κ3) is 3.60. The maximum atomic E-state index is 3.66. The normalized spacial score (nSPS) is 18.2. The van der Waals surface area contributed by atoms with Crippen molar-refractivity contribution in [1.82, 2.24) is 0 Å². The van der Waals surface area contributed by atoms with Crippen molar-refractivity contribution in [2.75, 3.05) is 5.32 Å². The molecule has 0 bridgehead atoms. The van der Waals surface area contributed by atoms with Crippen molar-refractivity contribution in [2.24, 2.45) is 0 Å². The lowest BCUT2D eigenvalue weighted by Gasteiger charge is -2.42. The molecule has 0 amide bonds. The third-order valence-corrected chi connectivity index (χ3v) is 8.93. The van der Waals surface area contributed by atoms with Crippen LogP contribution in [0.2, 0.25) is 0 Å². The second-order valence-corrected chi connectivity index (χ2v) is 12.7. The first kappa shape index (κ1) is 23.1. The number of nitrogens with one attached hydrogen (secondary N) is 1. The maximum Gasteiger partial charge on any atom is 0.0387 e. The summed E-state index contributed by atoms with van der Waals surface area (Å²) < 4.78 is 0. The van der Waals surface area contributed by atoms with E-state index in [-0.39, 0.29) is 16.2 Å². The van der Waals surface area contributed by atoms with Crippen molar-refractivity contribution in [3.63, 3.8) is 0 Å². The lowest BCUT2D eigenvalue weighted by molar-refractivity contribution is 0.331. The van der Waals surface area contributed by atoms with Gasteiger partial charge in [0.1, 0.15) is 0 Å². The van der Waals surface area contributed by atoms with Gasteiger partial charge in [-0.15, -0.1) is 0 Å². The van der Waals surface area contributed by atoms with E-state index in [0.29, 0.717) is 0 Å². The topological polar surface area (TPSA) is 12.0 Å². The van der Waals surface area contributed by atoms with Crippen LogP contribution in [0.5, 0.6) is 0 Å². The average molecular weight is 472 g/mol. The van der Waals surface area contributed by atoms with Crippen molar-refractivity contribution < 1.29 is 0 Å². The highest BCUT2D eigenvalue weighted by Crippen LogP contribution is 2.54. The van der Waals surface area contributed by atoms with Gasteiger partial charge in [0.25, 0.3) is 0 Å². The zero-order chi connectivity index (χ0) is 25.3. The molecule has 4 aromatic rings. The first-order valence-electron chi connectivity index (χ1n) is 13.3. The van der Waals surface area contributed by atoms with Gasteiger partial charge in [0, 0.05) is 16.8 Å². The quantitative estimate of drug-likeness (QED) is 0.313. The number of fused-ring (bicyclic) bond motifs is 4. The molecule has 1 nitrogen and oxygen atoms in total. The monoisotopic (exact) mass is 471 g/mol. The number of hydrogen-bond donors (Lipinski definition) is 1. The van der Waals surface area contributed by atoms with E-state index in [2.05, 4.69) is 132 Å². The van der Waals surface area contributed by atoms with E-state index in [1.54, 1.807) is 11.1 Å². The summed E-state index contributed by atoms with van der Waals surface area (Å²) in [7, 11) is 0. The zero-order valence-electron chi connectivity index (χ0n) is 22.5. The molecule has 0 heterocycles. The summed E-state index contributed by atoms with van der Waals surface area (Å²) in [5.41, 5.74) is 14.0. The predicted molar refractivity (Wildman–Crippen MR) is 154 cm³/mol. The number of anilines is 2. The fourth-order valence-electron chi connectivity index (χ4n) is 6.42. The van der Waals surface area contributed by atoms with Crippen LogP contribution in [0.1, 0.15) is 76.6 Å². The first-order valence-corrected chi connectivity index (χ1v) is 13.3. The Morgan fingerprint density at radius 2 is 1.06 bits per heavy atom. The fourth-order valence-corrected chi connectivity index (χ4v) is 6.42. The maximum absolute atomic E-state index is 3.66. The summed E-state index contributed by atoms with van der Waals surface area (Å²) in [5, 5.41) is 3.66. The Morgan fingerprint density at radius 3 is 1.72 bits per heavy atom. The molecular weight excluding hydrogens is 434 g/mol. The Balaban J connectivity index is 1.36. The standard InChI is InChI=1S/C35H37N/c1-33(2)18-19-34(3,4)32-22-30-28(21-31(32)33)27-17-16-26(20-29(27)35(30,5)6)36-25-14-12-24(13-15-25)23-10-8-7-9-11-23/h7-17,20-22,36H,18-19H2,1-6H3. The molecule has 2 aliphatic carbocycles. The SMILES string of the molecule is CC1(C)CCC(C)(C)c2cc3c(cc21)-c1ccc(Nc2ccc(-c4ccccc4)cc2)cc1C3(C)C. The Morgan fingerprint density at radius 1 is 0.500 bits per heavy atom. The van der Waals surface area contributed by atoms with E-state index < -0.39 is 0 Å². The van der Waals surface area contributed by atoms with E-state index in [1.165, 1.54) is 46.2 Å². The first-order chi connectivity index (χ1) is 17.1. The highest BCUT2D eigenvalue weighted by molar-refractivity contribution is 5.84. The second-order valence-electron chi connectivity index (χ2n) is 12.7. The van der Waals surface area contributed by atoms with E-state index >= 15 is 0 Å². The van der Waals surface area contributed by atoms with Crippen LogP contribution in [0.4, 0.5) is 11.4 Å². The minimum Gasteiger partial charge on any atom is -0.356 e. The summed E-state index contributed by atoms with van der Waals surface area (Å²) in [6.45, 7) is 14.5. The Bertz CT molecular complexity index is 1450. The molecule has 0 aliphatic heterocycles. The molecule has 0 radical (unpaired) electrons. The highest BCUT2D eigenvalue weighted by Gasteiger charge is 2.42. The zero-order valence-corrected chi connectivity index (χ0v) is 22.5. The molecule has 1 heteroatoms. The summed E-state index contributed by atoms with van der Waals surface area (Å²) in [4.78, 5) is 0. The largest absolute Gasteiger partial charge is 0.356 e. The minimum absolute atomic E-state index is 0.0216. The molecule has 0 saturated heterocycles. The third-order valence-electron chi connectivity index (χ3n) is 8.93. The Kier molecular flexibility index (Phi) is 5.03. The molecule has 36 heavy (non-hydrogen) atoms. The van der Waals surface area contributed by atoms with Crippen molar-refractivity contribution in [3.05, 3.63) is 107 Å². The van der Waals surface area contributed by atoms with Gasteiger partial charge in [0.15, 0.2) is 0 Å². The van der Waals surface area contributed by atoms with Gasteiger partial charge in [-0.25, -0.2) is 0 Å². The van der Waals surface area contributed by atoms with Crippen LogP contribution in [0.15, 0.2) is 84.9 Å². The molecule has 0 atom stereocenters. The van der Waals surface area contributed by atoms with E-state index in [1.807, 2.05) is 0 Å². The molecule has 0 spiro atoms. The second kappa shape index (κ2) is 7.84. The summed E-state index contributed by atoms with van der Waals surface area (Å²) in [6, 6.07) is 31.3. The van der Waals surface area contributed by atoms with Crippen LogP contribution in [-0.4, -0.2) is 0 Å². The summed E-state index contributed by atoms with van der Waals surface area (Å²) >= 11 is 0. The highest BCUT2D eigenvalue weighted by atomic mass is 14.9. The van der Waals surface area contributed by atoms with E-state index in [0.717, 1.165) is 11.4 Å². The fraction of sp³-hybridized carbons (Fsp3) is 0.314. The number of benzene rings is 4. The van der Waals surface area contributed by atoms with Gasteiger partial charge in [-0.05, 0) is 98.5 Å². The lowest BCUT2D eigenvalue weighted by atomic mass is 9.62. The van der Waals surface area contributed by atoms with Gasteiger partial charge in [-0.1, -0.05) is 96.1 Å². The van der Waals surface area contributed by atoms with Crippen LogP contribution in [0, 0.1) is 0 Å². The van der Waals surface area contributed by atoms with Gasteiger partial charge in [0.2, 0.25) is 0 Å². The van der Waals surface area contributed by atoms with Gasteiger partial charge in [0.05, 0.1) is 0 Å². The van der Waals surface area contributed by atoms with Gasteiger partial charge in [-0.3, -0.25) is 0 Å². The van der Waals surface area contributed by atoms with Crippen molar-refractivity contribution >= 4 is 11.4 Å². The van der Waals surface area contributed by atoms with Crippen molar-refractivity contribution in [1.29, 1.82) is 0 Å². The minimum atomic E-state index is -0.0216. The van der Waals surface area contributed by atoms with Gasteiger partial charge >= 0.3 is 0 Å². The predicted octanol–water partition coefficient (Wildman–Crippen LogP) is 9.75. The number of rotatable bonds is 3. The van der Waals surface area contributed by atoms with Crippen LogP contribution in [0.3, 0.4) is 0 Å². The molecule has 0 aromatic heterocycles. The van der Waals surface area contributed by atoms with Crippen molar-refractivity contribution in [3.8, 4) is 22.3 Å². The Hall–Kier alpha value is -3.32. The van der Waals surface area contributed by atoms with Crippen LogP contribution in [0.25, 0.3) is 22.3 Å². The Labute approximate surface area is 216 Å². The van der Waals surface area contributed by atoms with Gasteiger partial charge < -0.3 is 5.32 Å². The molecule has 1 N–H and O–H groups in total. The summed E-state index contributed by atoms with van der Waals surface area (Å²) in [5.74, 6) is 0. The molecule has 0 fully saturated rings. The molecule has 182 valence electrons. The molecule has 2 aliphatic rings. The van der Waals surface area contributed by atoms with Crippen LogP contribution >= 0.6 is 0 Å².